The highest BCUT2D eigenvalue weighted by Gasteiger charge is 2.45. The largest absolute Gasteiger partial charge is 0.586 e. The molecule has 10 heteroatoms. The molecule has 0 saturated carbocycles. The van der Waals surface area contributed by atoms with Gasteiger partial charge in [-0.05, 0) is 32.0 Å². The Morgan fingerprint density at radius 3 is 2.50 bits per heavy atom. The molecule has 166 valence electrons. The number of carboxylic acids is 1. The molecule has 0 spiro atoms. The molecular weight excluding hydrogens is 467 g/mol. The molecule has 1 aliphatic rings. The Balaban J connectivity index is 2.09. The maximum atomic E-state index is 13.7. The smallest absolute Gasteiger partial charge is 0.477 e. The first kappa shape index (κ1) is 22.1. The Kier molecular flexibility index (Phi) is 5.38. The molecule has 32 heavy (non-hydrogen) atoms. The molecule has 0 fully saturated rings. The second kappa shape index (κ2) is 7.79. The summed E-state index contributed by atoms with van der Waals surface area (Å²) in [5.41, 5.74) is -0.605. The second-order valence-electron chi connectivity index (χ2n) is 6.99. The van der Waals surface area contributed by atoms with Crippen LogP contribution in [0.2, 0.25) is 10.0 Å². The van der Waals surface area contributed by atoms with Crippen molar-refractivity contribution >= 4 is 29.2 Å². The highest BCUT2D eigenvalue weighted by molar-refractivity contribution is 6.42. The number of carboxylic acid groups (broad SMARTS) is 1. The van der Waals surface area contributed by atoms with Crippen LogP contribution in [0.1, 0.15) is 23.0 Å². The van der Waals surface area contributed by atoms with E-state index in [1.165, 1.54) is 30.3 Å². The number of rotatable bonds is 4. The number of ether oxygens (including phenoxy) is 2. The van der Waals surface area contributed by atoms with Crippen LogP contribution < -0.4 is 14.9 Å². The van der Waals surface area contributed by atoms with Crippen molar-refractivity contribution in [2.75, 3.05) is 0 Å². The molecule has 1 aliphatic heterocycles. The summed E-state index contributed by atoms with van der Waals surface area (Å²) in [5.74, 6) is -2.06. The SMILES string of the molecule is CCn1c(C)c(-c2cccc3c2OC(F)(F)O3)c(=O)c(C(=O)O)c1-c1ccc(Cl)c(Cl)c1. The summed E-state index contributed by atoms with van der Waals surface area (Å²) in [6, 6.07) is 8.61. The van der Waals surface area contributed by atoms with Gasteiger partial charge in [0.25, 0.3) is 0 Å². The van der Waals surface area contributed by atoms with Gasteiger partial charge in [-0.1, -0.05) is 41.4 Å². The number of alkyl halides is 2. The summed E-state index contributed by atoms with van der Waals surface area (Å²) in [5, 5.41) is 10.4. The van der Waals surface area contributed by atoms with Crippen LogP contribution in [0.4, 0.5) is 8.78 Å². The number of pyridine rings is 1. The Bertz CT molecular complexity index is 1340. The van der Waals surface area contributed by atoms with Crippen molar-refractivity contribution in [3.8, 4) is 33.9 Å². The van der Waals surface area contributed by atoms with E-state index < -0.39 is 23.3 Å². The molecule has 0 unspecified atom stereocenters. The summed E-state index contributed by atoms with van der Waals surface area (Å²) in [6.07, 6.45) is -3.90. The highest BCUT2D eigenvalue weighted by atomic mass is 35.5. The van der Waals surface area contributed by atoms with Gasteiger partial charge in [0.05, 0.1) is 21.3 Å². The fraction of sp³-hybridized carbons (Fsp3) is 0.182. The molecule has 0 saturated heterocycles. The van der Waals surface area contributed by atoms with Gasteiger partial charge in [-0.3, -0.25) is 4.79 Å². The average Bonchev–Trinajstić information content (AvgIpc) is 3.04. The molecule has 1 aromatic heterocycles. The van der Waals surface area contributed by atoms with E-state index in [2.05, 4.69) is 9.47 Å². The van der Waals surface area contributed by atoms with E-state index in [1.807, 2.05) is 0 Å². The molecule has 2 heterocycles. The maximum absolute atomic E-state index is 13.7. The summed E-state index contributed by atoms with van der Waals surface area (Å²) in [6.45, 7) is 3.63. The molecule has 0 bridgehead atoms. The minimum atomic E-state index is -3.90. The zero-order valence-corrected chi connectivity index (χ0v) is 18.2. The van der Waals surface area contributed by atoms with Crippen LogP contribution in [0, 0.1) is 6.92 Å². The standard InChI is InChI=1S/C22H15Cl2F2NO5/c1-3-27-10(2)16(12-5-4-6-15-20(12)32-22(25,26)31-15)19(28)17(21(29)30)18(27)11-7-8-13(23)14(24)9-11/h4-9H,3H2,1-2H3,(H,29,30). The molecule has 0 radical (unpaired) electrons. The van der Waals surface area contributed by atoms with Crippen LogP contribution >= 0.6 is 23.2 Å². The molecule has 1 N–H and O–H groups in total. The van der Waals surface area contributed by atoms with Crippen molar-refractivity contribution < 1.29 is 28.2 Å². The van der Waals surface area contributed by atoms with Crippen LogP contribution in [0.15, 0.2) is 41.2 Å². The van der Waals surface area contributed by atoms with Crippen molar-refractivity contribution in [3.05, 3.63) is 67.9 Å². The minimum absolute atomic E-state index is 0.00700. The summed E-state index contributed by atoms with van der Waals surface area (Å²) in [7, 11) is 0. The zero-order chi connectivity index (χ0) is 23.4. The fourth-order valence-corrected chi connectivity index (χ4v) is 4.15. The summed E-state index contributed by atoms with van der Waals surface area (Å²) < 4.78 is 38.1. The topological polar surface area (TPSA) is 77.8 Å². The van der Waals surface area contributed by atoms with Gasteiger partial charge in [-0.25, -0.2) is 4.79 Å². The van der Waals surface area contributed by atoms with Crippen molar-refractivity contribution in [1.82, 2.24) is 4.57 Å². The molecule has 0 aliphatic carbocycles. The molecule has 2 aromatic carbocycles. The average molecular weight is 482 g/mol. The van der Waals surface area contributed by atoms with Gasteiger partial charge in [-0.2, -0.15) is 0 Å². The summed E-state index contributed by atoms with van der Waals surface area (Å²) >= 11 is 12.1. The van der Waals surface area contributed by atoms with Gasteiger partial charge < -0.3 is 19.1 Å². The van der Waals surface area contributed by atoms with Crippen LogP contribution in [0.3, 0.4) is 0 Å². The first-order valence-corrected chi connectivity index (χ1v) is 10.2. The third-order valence-electron chi connectivity index (χ3n) is 5.15. The van der Waals surface area contributed by atoms with Crippen molar-refractivity contribution in [2.24, 2.45) is 0 Å². The summed E-state index contributed by atoms with van der Waals surface area (Å²) in [4.78, 5) is 25.7. The number of halogens is 4. The van der Waals surface area contributed by atoms with Gasteiger partial charge in [0, 0.05) is 23.4 Å². The number of nitrogens with zero attached hydrogens (tertiary/aromatic N) is 1. The Morgan fingerprint density at radius 2 is 1.88 bits per heavy atom. The van der Waals surface area contributed by atoms with E-state index in [-0.39, 0.29) is 44.9 Å². The molecule has 0 atom stereocenters. The minimum Gasteiger partial charge on any atom is -0.477 e. The zero-order valence-electron chi connectivity index (χ0n) is 16.7. The van der Waals surface area contributed by atoms with Crippen molar-refractivity contribution in [1.29, 1.82) is 0 Å². The van der Waals surface area contributed by atoms with Gasteiger partial charge >= 0.3 is 12.3 Å². The maximum Gasteiger partial charge on any atom is 0.586 e. The lowest BCUT2D eigenvalue weighted by atomic mass is 9.95. The third-order valence-corrected chi connectivity index (χ3v) is 5.89. The van der Waals surface area contributed by atoms with E-state index >= 15 is 0 Å². The molecule has 0 amide bonds. The Hall–Kier alpha value is -3.10. The van der Waals surface area contributed by atoms with E-state index in [0.29, 0.717) is 11.3 Å². The first-order chi connectivity index (χ1) is 15.1. The third kappa shape index (κ3) is 3.49. The molecule has 4 rings (SSSR count). The number of fused-ring (bicyclic) bond motifs is 1. The number of hydrogen-bond acceptors (Lipinski definition) is 4. The number of para-hydroxylation sites is 1. The number of hydrogen-bond donors (Lipinski definition) is 1. The Morgan fingerprint density at radius 1 is 1.16 bits per heavy atom. The van der Waals surface area contributed by atoms with Crippen LogP contribution in [0.25, 0.3) is 22.4 Å². The Labute approximate surface area is 190 Å². The highest BCUT2D eigenvalue weighted by Crippen LogP contribution is 2.47. The lowest BCUT2D eigenvalue weighted by Crippen LogP contribution is -2.27. The molecule has 3 aromatic rings. The number of aromatic nitrogens is 1. The van der Waals surface area contributed by atoms with Gasteiger partial charge in [-0.15, -0.1) is 8.78 Å². The van der Waals surface area contributed by atoms with Crippen molar-refractivity contribution in [3.63, 3.8) is 0 Å². The fourth-order valence-electron chi connectivity index (χ4n) is 3.85. The van der Waals surface area contributed by atoms with Gasteiger partial charge in [0.1, 0.15) is 5.56 Å². The predicted octanol–water partition coefficient (Wildman–Crippen LogP) is 5.84. The predicted molar refractivity (Wildman–Crippen MR) is 115 cm³/mol. The van der Waals surface area contributed by atoms with E-state index in [0.717, 1.165) is 0 Å². The van der Waals surface area contributed by atoms with E-state index in [9.17, 15) is 23.5 Å². The number of benzene rings is 2. The van der Waals surface area contributed by atoms with E-state index in [1.54, 1.807) is 24.5 Å². The van der Waals surface area contributed by atoms with Gasteiger partial charge in [0.2, 0.25) is 5.43 Å². The van der Waals surface area contributed by atoms with E-state index in [4.69, 9.17) is 23.2 Å². The van der Waals surface area contributed by atoms with Crippen LogP contribution in [-0.2, 0) is 6.54 Å². The van der Waals surface area contributed by atoms with Crippen LogP contribution in [0.5, 0.6) is 11.5 Å². The molecule has 6 nitrogen and oxygen atoms in total. The lowest BCUT2D eigenvalue weighted by Gasteiger charge is -2.21. The molecular formula is C22H15Cl2F2NO5. The first-order valence-electron chi connectivity index (χ1n) is 9.41. The quantitative estimate of drug-likeness (QED) is 0.506. The monoisotopic (exact) mass is 481 g/mol. The van der Waals surface area contributed by atoms with Crippen LogP contribution in [-0.4, -0.2) is 21.9 Å². The normalized spacial score (nSPS) is 13.9. The lowest BCUT2D eigenvalue weighted by molar-refractivity contribution is -0.286. The number of carbonyl (C=O) groups is 1. The second-order valence-corrected chi connectivity index (χ2v) is 7.81. The van der Waals surface area contributed by atoms with Gasteiger partial charge in [0.15, 0.2) is 11.5 Å². The van der Waals surface area contributed by atoms with Crippen molar-refractivity contribution in [2.45, 2.75) is 26.7 Å². The number of aromatic carboxylic acids is 1.